The molecular formula is C17H21NO2. The summed E-state index contributed by atoms with van der Waals surface area (Å²) < 4.78 is 5.31. The van der Waals surface area contributed by atoms with E-state index in [1.807, 2.05) is 42.2 Å². The molecule has 0 aromatic heterocycles. The van der Waals surface area contributed by atoms with Crippen molar-refractivity contribution in [3.8, 4) is 0 Å². The zero-order valence-corrected chi connectivity index (χ0v) is 12.2. The molecule has 1 heterocycles. The van der Waals surface area contributed by atoms with Crippen LogP contribution in [0, 0.1) is 0 Å². The van der Waals surface area contributed by atoms with E-state index in [0.717, 1.165) is 17.6 Å². The lowest BCUT2D eigenvalue weighted by Crippen LogP contribution is -2.41. The highest BCUT2D eigenvalue weighted by atomic mass is 16.5. The lowest BCUT2D eigenvalue weighted by atomic mass is 10.0. The van der Waals surface area contributed by atoms with E-state index in [2.05, 4.69) is 12.7 Å². The molecule has 1 aromatic carbocycles. The number of hydrogen-bond donors (Lipinski definition) is 0. The average molecular weight is 271 g/mol. The van der Waals surface area contributed by atoms with Gasteiger partial charge in [0.25, 0.3) is 5.91 Å². The number of carbonyl (C=O) groups is 1. The number of rotatable bonds is 3. The molecule has 20 heavy (non-hydrogen) atoms. The molecule has 1 aliphatic rings. The van der Waals surface area contributed by atoms with Crippen LogP contribution in [0.5, 0.6) is 0 Å². The molecule has 1 saturated heterocycles. The van der Waals surface area contributed by atoms with Crippen LogP contribution in [0.3, 0.4) is 0 Å². The predicted octanol–water partition coefficient (Wildman–Crippen LogP) is 2.88. The predicted molar refractivity (Wildman–Crippen MR) is 80.2 cm³/mol. The number of carbonyl (C=O) groups excluding carboxylic acids is 1. The number of hydrogen-bond acceptors (Lipinski definition) is 2. The average Bonchev–Trinajstić information content (AvgIpc) is 2.53. The van der Waals surface area contributed by atoms with Crippen molar-refractivity contribution in [2.75, 3.05) is 26.3 Å². The van der Waals surface area contributed by atoms with Crippen LogP contribution in [-0.4, -0.2) is 37.1 Å². The third-order valence-electron chi connectivity index (χ3n) is 3.44. The van der Waals surface area contributed by atoms with Crippen LogP contribution in [0.2, 0.25) is 0 Å². The molecule has 0 spiro atoms. The van der Waals surface area contributed by atoms with E-state index >= 15 is 0 Å². The highest BCUT2D eigenvalue weighted by Gasteiger charge is 2.21. The van der Waals surface area contributed by atoms with Crippen LogP contribution < -0.4 is 0 Å². The minimum Gasteiger partial charge on any atom is -0.378 e. The van der Waals surface area contributed by atoms with Gasteiger partial charge in [0.15, 0.2) is 0 Å². The number of benzene rings is 1. The number of morpholine rings is 1. The fourth-order valence-corrected chi connectivity index (χ4v) is 2.08. The fraction of sp³-hybridized carbons (Fsp3) is 0.412. The molecule has 1 amide bonds. The van der Waals surface area contributed by atoms with Crippen LogP contribution in [0.15, 0.2) is 41.6 Å². The van der Waals surface area contributed by atoms with Gasteiger partial charge in [-0.2, -0.15) is 0 Å². The quantitative estimate of drug-likeness (QED) is 0.625. The maximum atomic E-state index is 12.7. The summed E-state index contributed by atoms with van der Waals surface area (Å²) in [5.41, 5.74) is 5.96. The van der Waals surface area contributed by atoms with Crippen molar-refractivity contribution >= 4 is 11.5 Å². The van der Waals surface area contributed by atoms with Crippen molar-refractivity contribution in [3.63, 3.8) is 0 Å². The summed E-state index contributed by atoms with van der Waals surface area (Å²) in [6.45, 7) is 6.62. The molecule has 0 atom stereocenters. The normalized spacial score (nSPS) is 14.6. The first-order valence-electron chi connectivity index (χ1n) is 7.11. The third-order valence-corrected chi connectivity index (χ3v) is 3.44. The smallest absolute Gasteiger partial charge is 0.262 e. The Labute approximate surface area is 120 Å². The molecule has 0 saturated carbocycles. The summed E-state index contributed by atoms with van der Waals surface area (Å²) >= 11 is 0. The van der Waals surface area contributed by atoms with E-state index in [-0.39, 0.29) is 5.91 Å². The molecule has 106 valence electrons. The number of amides is 1. The molecular weight excluding hydrogens is 250 g/mol. The van der Waals surface area contributed by atoms with Crippen molar-refractivity contribution in [3.05, 3.63) is 47.2 Å². The Balaban J connectivity index is 2.37. The van der Waals surface area contributed by atoms with Gasteiger partial charge in [-0.3, -0.25) is 4.79 Å². The summed E-state index contributed by atoms with van der Waals surface area (Å²) in [6, 6.07) is 9.78. The Morgan fingerprint density at radius 3 is 2.50 bits per heavy atom. The molecule has 1 aromatic rings. The molecule has 0 unspecified atom stereocenters. The van der Waals surface area contributed by atoms with Gasteiger partial charge in [-0.15, -0.1) is 5.73 Å². The van der Waals surface area contributed by atoms with Gasteiger partial charge in [0.2, 0.25) is 0 Å². The van der Waals surface area contributed by atoms with Crippen molar-refractivity contribution in [1.82, 2.24) is 4.90 Å². The molecule has 3 nitrogen and oxygen atoms in total. The zero-order chi connectivity index (χ0) is 14.4. The Morgan fingerprint density at radius 1 is 1.25 bits per heavy atom. The summed E-state index contributed by atoms with van der Waals surface area (Å²) in [6.07, 6.45) is 0.896. The molecule has 0 aliphatic carbocycles. The Morgan fingerprint density at radius 2 is 1.90 bits per heavy atom. The van der Waals surface area contributed by atoms with E-state index in [1.54, 1.807) is 0 Å². The number of ether oxygens (including phenoxy) is 1. The van der Waals surface area contributed by atoms with E-state index in [0.29, 0.717) is 31.9 Å². The standard InChI is InChI=1S/C17H21NO2/c1-3-14(2)13-16(15-7-5-4-6-8-15)17(19)18-9-11-20-12-10-18/h4-8H,3,9-12H2,1-2H3. The zero-order valence-electron chi connectivity index (χ0n) is 12.2. The first-order valence-corrected chi connectivity index (χ1v) is 7.11. The minimum atomic E-state index is 0.0484. The molecule has 0 N–H and O–H groups in total. The topological polar surface area (TPSA) is 29.5 Å². The van der Waals surface area contributed by atoms with Crippen molar-refractivity contribution < 1.29 is 9.53 Å². The Hall–Kier alpha value is -1.83. The molecule has 2 rings (SSSR count). The highest BCUT2D eigenvalue weighted by Crippen LogP contribution is 2.18. The summed E-state index contributed by atoms with van der Waals surface area (Å²) in [5, 5.41) is 0. The van der Waals surface area contributed by atoms with E-state index in [4.69, 9.17) is 4.74 Å². The maximum absolute atomic E-state index is 12.7. The molecule has 1 aliphatic heterocycles. The van der Waals surface area contributed by atoms with Gasteiger partial charge in [-0.25, -0.2) is 0 Å². The van der Waals surface area contributed by atoms with Crippen molar-refractivity contribution in [1.29, 1.82) is 0 Å². The van der Waals surface area contributed by atoms with Crippen molar-refractivity contribution in [2.45, 2.75) is 20.3 Å². The molecule has 0 bridgehead atoms. The van der Waals surface area contributed by atoms with Gasteiger partial charge in [0.1, 0.15) is 0 Å². The first-order chi connectivity index (χ1) is 9.72. The van der Waals surface area contributed by atoms with Crippen LogP contribution in [0.25, 0.3) is 5.57 Å². The summed E-state index contributed by atoms with van der Waals surface area (Å²) in [5.74, 6) is 0.0484. The monoisotopic (exact) mass is 271 g/mol. The summed E-state index contributed by atoms with van der Waals surface area (Å²) in [7, 11) is 0. The Bertz CT molecular complexity index is 521. The first kappa shape index (κ1) is 14.6. The van der Waals surface area contributed by atoms with Gasteiger partial charge in [-0.1, -0.05) is 37.3 Å². The third kappa shape index (κ3) is 3.60. The van der Waals surface area contributed by atoms with Gasteiger partial charge in [0, 0.05) is 13.1 Å². The second kappa shape index (κ2) is 7.09. The van der Waals surface area contributed by atoms with Crippen molar-refractivity contribution in [2.24, 2.45) is 0 Å². The molecule has 0 radical (unpaired) electrons. The van der Waals surface area contributed by atoms with Gasteiger partial charge in [-0.05, 0) is 24.5 Å². The maximum Gasteiger partial charge on any atom is 0.262 e. The SMILES string of the molecule is CCC(C)=C=C(C(=O)N1CCOCC1)c1ccccc1. The van der Waals surface area contributed by atoms with E-state index in [9.17, 15) is 4.79 Å². The lowest BCUT2D eigenvalue weighted by molar-refractivity contribution is -0.128. The van der Waals surface area contributed by atoms with Gasteiger partial charge >= 0.3 is 0 Å². The molecule has 1 fully saturated rings. The highest BCUT2D eigenvalue weighted by molar-refractivity contribution is 6.19. The largest absolute Gasteiger partial charge is 0.378 e. The fourth-order valence-electron chi connectivity index (χ4n) is 2.08. The lowest BCUT2D eigenvalue weighted by Gasteiger charge is -2.27. The van der Waals surface area contributed by atoms with Crippen LogP contribution in [0.1, 0.15) is 25.8 Å². The van der Waals surface area contributed by atoms with E-state index < -0.39 is 0 Å². The van der Waals surface area contributed by atoms with Gasteiger partial charge in [0.05, 0.1) is 18.8 Å². The summed E-state index contributed by atoms with van der Waals surface area (Å²) in [4.78, 5) is 14.6. The minimum absolute atomic E-state index is 0.0484. The number of nitrogens with zero attached hydrogens (tertiary/aromatic N) is 1. The molecule has 3 heteroatoms. The van der Waals surface area contributed by atoms with Gasteiger partial charge < -0.3 is 9.64 Å². The van der Waals surface area contributed by atoms with Crippen LogP contribution in [0.4, 0.5) is 0 Å². The van der Waals surface area contributed by atoms with Crippen LogP contribution >= 0.6 is 0 Å². The second-order valence-corrected chi connectivity index (χ2v) is 4.90. The van der Waals surface area contributed by atoms with E-state index in [1.165, 1.54) is 0 Å². The van der Waals surface area contributed by atoms with Crippen LogP contribution in [-0.2, 0) is 9.53 Å². The Kier molecular flexibility index (Phi) is 5.16. The second-order valence-electron chi connectivity index (χ2n) is 4.90.